The molecule has 1 unspecified atom stereocenters. The van der Waals surface area contributed by atoms with Crippen LogP contribution in [0.25, 0.3) is 12.2 Å². The Morgan fingerprint density at radius 1 is 1.00 bits per heavy atom. The van der Waals surface area contributed by atoms with Crippen molar-refractivity contribution in [3.05, 3.63) is 47.1 Å². The first-order valence-corrected chi connectivity index (χ1v) is 15.2. The van der Waals surface area contributed by atoms with Crippen LogP contribution in [0.3, 0.4) is 0 Å². The van der Waals surface area contributed by atoms with Gasteiger partial charge in [0.2, 0.25) is 15.9 Å². The lowest BCUT2D eigenvalue weighted by atomic mass is 9.95. The second-order valence-corrected chi connectivity index (χ2v) is 12.5. The Balaban J connectivity index is 1.26. The number of sulfonamides is 1. The van der Waals surface area contributed by atoms with Gasteiger partial charge >= 0.3 is 0 Å². The number of carbonyl (C=O) groups excluding carboxylic acids is 1. The van der Waals surface area contributed by atoms with E-state index in [0.717, 1.165) is 39.0 Å². The molecule has 3 fully saturated rings. The van der Waals surface area contributed by atoms with Gasteiger partial charge in [0, 0.05) is 37.8 Å². The molecule has 3 aliphatic heterocycles. The van der Waals surface area contributed by atoms with E-state index in [1.54, 1.807) is 25.1 Å². The minimum atomic E-state index is -3.96. The van der Waals surface area contributed by atoms with Crippen molar-refractivity contribution in [1.82, 2.24) is 19.3 Å². The Morgan fingerprint density at radius 3 is 2.47 bits per heavy atom. The van der Waals surface area contributed by atoms with Crippen LogP contribution in [0, 0.1) is 18.7 Å². The van der Waals surface area contributed by atoms with Crippen LogP contribution < -0.4 is 0 Å². The third-order valence-electron chi connectivity index (χ3n) is 8.17. The zero-order valence-corrected chi connectivity index (χ0v) is 22.8. The van der Waals surface area contributed by atoms with Crippen molar-refractivity contribution in [2.45, 2.75) is 62.8 Å². The SMILES string of the molecule is Cc1noc(C=Cc2ccccc2F)c1S(=O)(=O)N1CCCC(C(=O)N2CCC(N3CCCCC3)CC2)C1. The van der Waals surface area contributed by atoms with Crippen molar-refractivity contribution < 1.29 is 22.1 Å². The van der Waals surface area contributed by atoms with Gasteiger partial charge in [0.15, 0.2) is 10.7 Å². The Bertz CT molecular complexity index is 1260. The molecule has 1 amide bonds. The number of piperidine rings is 3. The van der Waals surface area contributed by atoms with Gasteiger partial charge in [0.05, 0.1) is 5.92 Å². The number of hydrogen-bond acceptors (Lipinski definition) is 6. The normalized spacial score (nSPS) is 22.8. The lowest BCUT2D eigenvalue weighted by molar-refractivity contribution is -0.138. The summed E-state index contributed by atoms with van der Waals surface area (Å²) >= 11 is 0. The fourth-order valence-corrected chi connectivity index (χ4v) is 7.83. The zero-order chi connectivity index (χ0) is 26.7. The molecule has 3 aliphatic rings. The lowest BCUT2D eigenvalue weighted by Crippen LogP contribution is -2.51. The summed E-state index contributed by atoms with van der Waals surface area (Å²) < 4.78 is 48.2. The van der Waals surface area contributed by atoms with Crippen molar-refractivity contribution >= 4 is 28.1 Å². The summed E-state index contributed by atoms with van der Waals surface area (Å²) in [6, 6.07) is 6.78. The molecule has 10 heteroatoms. The molecule has 38 heavy (non-hydrogen) atoms. The topological polar surface area (TPSA) is 87.0 Å². The van der Waals surface area contributed by atoms with Crippen molar-refractivity contribution in [1.29, 1.82) is 0 Å². The summed E-state index contributed by atoms with van der Waals surface area (Å²) in [7, 11) is -3.96. The molecule has 3 saturated heterocycles. The van der Waals surface area contributed by atoms with Gasteiger partial charge in [-0.1, -0.05) is 29.8 Å². The van der Waals surface area contributed by atoms with Gasteiger partial charge in [-0.3, -0.25) is 4.79 Å². The fourth-order valence-electron chi connectivity index (χ4n) is 6.06. The number of hydrogen-bond donors (Lipinski definition) is 0. The van der Waals surface area contributed by atoms with E-state index in [4.69, 9.17) is 4.52 Å². The van der Waals surface area contributed by atoms with Gasteiger partial charge in [-0.2, -0.15) is 4.31 Å². The van der Waals surface area contributed by atoms with Crippen molar-refractivity contribution in [3.63, 3.8) is 0 Å². The third kappa shape index (κ3) is 5.72. The number of likely N-dealkylation sites (tertiary alicyclic amines) is 2. The highest BCUT2D eigenvalue weighted by molar-refractivity contribution is 7.89. The number of nitrogens with zero attached hydrogens (tertiary/aromatic N) is 4. The molecule has 0 spiro atoms. The number of carbonyl (C=O) groups is 1. The molecule has 4 heterocycles. The van der Waals surface area contributed by atoms with Gasteiger partial charge in [-0.05, 0) is 76.8 Å². The largest absolute Gasteiger partial charge is 0.355 e. The maximum atomic E-state index is 14.0. The number of rotatable bonds is 6. The first kappa shape index (κ1) is 27.0. The Kier molecular flexibility index (Phi) is 8.30. The second kappa shape index (κ2) is 11.7. The van der Waals surface area contributed by atoms with Crippen LogP contribution in [0.15, 0.2) is 33.7 Å². The molecule has 1 atom stereocenters. The van der Waals surface area contributed by atoms with E-state index in [-0.39, 0.29) is 34.7 Å². The summed E-state index contributed by atoms with van der Waals surface area (Å²) in [6.07, 6.45) is 10.0. The highest BCUT2D eigenvalue weighted by Crippen LogP contribution is 2.31. The third-order valence-corrected chi connectivity index (χ3v) is 10.2. The molecule has 1 aromatic carbocycles. The molecular weight excluding hydrogens is 507 g/mol. The average molecular weight is 545 g/mol. The lowest BCUT2D eigenvalue weighted by Gasteiger charge is -2.41. The molecule has 0 aliphatic carbocycles. The molecule has 1 aromatic heterocycles. The number of aromatic nitrogens is 1. The highest BCUT2D eigenvalue weighted by atomic mass is 32.2. The van der Waals surface area contributed by atoms with Crippen LogP contribution in [-0.2, 0) is 14.8 Å². The highest BCUT2D eigenvalue weighted by Gasteiger charge is 2.39. The van der Waals surface area contributed by atoms with Crippen molar-refractivity contribution in [3.8, 4) is 0 Å². The van der Waals surface area contributed by atoms with Crippen molar-refractivity contribution in [2.24, 2.45) is 5.92 Å². The standard InChI is InChI=1S/C28H37FN4O4S/c1-21-27(26(37-30-21)12-11-22-8-3-4-10-25(22)29)38(35,36)33-17-7-9-23(20-33)28(34)32-18-13-24(14-19-32)31-15-5-2-6-16-31/h3-4,8,10-12,23-24H,2,5-7,9,13-20H2,1H3. The van der Waals surface area contributed by atoms with Gasteiger partial charge in [0.25, 0.3) is 0 Å². The fraction of sp³-hybridized carbons (Fsp3) is 0.571. The van der Waals surface area contributed by atoms with Crippen LogP contribution in [0.2, 0.25) is 0 Å². The van der Waals surface area contributed by atoms with E-state index in [9.17, 15) is 17.6 Å². The summed E-state index contributed by atoms with van der Waals surface area (Å²) in [4.78, 5) is 17.9. The smallest absolute Gasteiger partial charge is 0.248 e. The molecule has 2 aromatic rings. The molecular formula is C28H37FN4O4S. The van der Waals surface area contributed by atoms with Gasteiger partial charge in [-0.25, -0.2) is 12.8 Å². The van der Waals surface area contributed by atoms with Crippen molar-refractivity contribution in [2.75, 3.05) is 39.3 Å². The van der Waals surface area contributed by atoms with E-state index < -0.39 is 15.8 Å². The molecule has 8 nitrogen and oxygen atoms in total. The van der Waals surface area contributed by atoms with E-state index in [1.165, 1.54) is 41.8 Å². The number of halogens is 1. The van der Waals surface area contributed by atoms with E-state index in [2.05, 4.69) is 10.1 Å². The minimum Gasteiger partial charge on any atom is -0.355 e. The van der Waals surface area contributed by atoms with E-state index in [1.807, 2.05) is 4.90 Å². The molecule has 0 bridgehead atoms. The number of aryl methyl sites for hydroxylation is 1. The summed E-state index contributed by atoms with van der Waals surface area (Å²) in [6.45, 7) is 5.86. The first-order chi connectivity index (χ1) is 18.3. The quantitative estimate of drug-likeness (QED) is 0.543. The predicted octanol–water partition coefficient (Wildman–Crippen LogP) is 4.17. The Morgan fingerprint density at radius 2 is 1.74 bits per heavy atom. The molecule has 5 rings (SSSR count). The molecule has 206 valence electrons. The molecule has 0 radical (unpaired) electrons. The maximum absolute atomic E-state index is 14.0. The van der Waals surface area contributed by atoms with Gasteiger partial charge in [-0.15, -0.1) is 0 Å². The monoisotopic (exact) mass is 544 g/mol. The summed E-state index contributed by atoms with van der Waals surface area (Å²) in [5.41, 5.74) is 0.559. The number of amides is 1. The predicted molar refractivity (Wildman–Crippen MR) is 143 cm³/mol. The summed E-state index contributed by atoms with van der Waals surface area (Å²) in [5, 5.41) is 3.88. The number of benzene rings is 1. The van der Waals surface area contributed by atoms with Crippen LogP contribution in [0.1, 0.15) is 62.0 Å². The van der Waals surface area contributed by atoms with E-state index >= 15 is 0 Å². The summed E-state index contributed by atoms with van der Waals surface area (Å²) in [5.74, 6) is -0.660. The molecule has 0 N–H and O–H groups in total. The minimum absolute atomic E-state index is 0.0273. The first-order valence-electron chi connectivity index (χ1n) is 13.8. The van der Waals surface area contributed by atoms with Gasteiger partial charge < -0.3 is 14.3 Å². The van der Waals surface area contributed by atoms with Gasteiger partial charge in [0.1, 0.15) is 11.5 Å². The molecule has 0 saturated carbocycles. The van der Waals surface area contributed by atoms with E-state index in [0.29, 0.717) is 31.0 Å². The van der Waals surface area contributed by atoms with Crippen LogP contribution in [0.4, 0.5) is 4.39 Å². The zero-order valence-electron chi connectivity index (χ0n) is 22.0. The Labute approximate surface area is 224 Å². The maximum Gasteiger partial charge on any atom is 0.248 e. The Hall–Kier alpha value is -2.56. The van der Waals surface area contributed by atoms with Crippen LogP contribution in [0.5, 0.6) is 0 Å². The average Bonchev–Trinajstić information content (AvgIpc) is 3.33. The van der Waals surface area contributed by atoms with Crippen LogP contribution >= 0.6 is 0 Å². The second-order valence-electron chi connectivity index (χ2n) is 10.7. The van der Waals surface area contributed by atoms with Crippen LogP contribution in [-0.4, -0.2) is 78.9 Å².